The number of nitrogens with zero attached hydrogens (tertiary/aromatic N) is 1. The molecule has 5 N–H and O–H groups in total. The van der Waals surface area contributed by atoms with E-state index in [1.165, 1.54) is 19.1 Å². The maximum Gasteiger partial charge on any atom is 0.296 e. The summed E-state index contributed by atoms with van der Waals surface area (Å²) in [6.45, 7) is 1.36. The third-order valence-electron chi connectivity index (χ3n) is 4.97. The number of aromatic nitrogens is 1. The zero-order valence-electron chi connectivity index (χ0n) is 16.9. The lowest BCUT2D eigenvalue weighted by molar-refractivity contribution is -0.114. The van der Waals surface area contributed by atoms with Crippen LogP contribution in [0, 0.1) is 0 Å². The van der Waals surface area contributed by atoms with E-state index in [0.717, 1.165) is 16.7 Å². The van der Waals surface area contributed by atoms with Crippen molar-refractivity contribution in [1.82, 2.24) is 9.88 Å². The minimum absolute atomic E-state index is 0.219. The number of anilines is 2. The first-order chi connectivity index (χ1) is 15.5. The van der Waals surface area contributed by atoms with Gasteiger partial charge in [0.25, 0.3) is 27.5 Å². The summed E-state index contributed by atoms with van der Waals surface area (Å²) in [5.74, 6) is -2.32. The Labute approximate surface area is 186 Å². The van der Waals surface area contributed by atoms with Crippen molar-refractivity contribution in [1.29, 1.82) is 0 Å². The smallest absolute Gasteiger partial charge is 0.296 e. The second-order valence-electron chi connectivity index (χ2n) is 7.19. The average molecular weight is 468 g/mol. The number of nitrogens with one attached hydrogen (secondary N) is 2. The third-order valence-corrected chi connectivity index (χ3v) is 5.85. The van der Waals surface area contributed by atoms with Crippen molar-refractivity contribution in [3.63, 3.8) is 0 Å². The van der Waals surface area contributed by atoms with Crippen molar-refractivity contribution in [2.45, 2.75) is 11.8 Å². The summed E-state index contributed by atoms with van der Waals surface area (Å²) >= 11 is 0. The molecule has 1 aliphatic rings. The number of carbonyl (C=O) groups excluding carboxylic acids is 3. The molecule has 2 heterocycles. The van der Waals surface area contributed by atoms with Gasteiger partial charge in [0.1, 0.15) is 10.7 Å². The van der Waals surface area contributed by atoms with Gasteiger partial charge in [0.15, 0.2) is 0 Å². The molecule has 0 saturated heterocycles. The lowest BCUT2D eigenvalue weighted by Crippen LogP contribution is -2.25. The molecule has 0 fully saturated rings. The Balaban J connectivity index is 1.89. The van der Waals surface area contributed by atoms with E-state index in [0.29, 0.717) is 16.8 Å². The van der Waals surface area contributed by atoms with Gasteiger partial charge in [-0.2, -0.15) is 8.42 Å². The van der Waals surface area contributed by atoms with Crippen LogP contribution >= 0.6 is 0 Å². The molecule has 0 bridgehead atoms. The van der Waals surface area contributed by atoms with Crippen molar-refractivity contribution < 1.29 is 27.4 Å². The van der Waals surface area contributed by atoms with Crippen LogP contribution in [0.25, 0.3) is 16.8 Å². The molecular formula is C21H16N4O7S. The molecule has 0 aliphatic carbocycles. The topological polar surface area (TPSA) is 178 Å². The Morgan fingerprint density at radius 2 is 1.64 bits per heavy atom. The van der Waals surface area contributed by atoms with E-state index in [1.54, 1.807) is 24.3 Å². The fourth-order valence-electron chi connectivity index (χ4n) is 3.56. The van der Waals surface area contributed by atoms with E-state index in [2.05, 4.69) is 5.32 Å². The Morgan fingerprint density at radius 3 is 2.24 bits per heavy atom. The van der Waals surface area contributed by atoms with Crippen molar-refractivity contribution in [2.24, 2.45) is 0 Å². The zero-order valence-corrected chi connectivity index (χ0v) is 17.8. The maximum absolute atomic E-state index is 12.7. The second-order valence-corrected chi connectivity index (χ2v) is 8.58. The maximum atomic E-state index is 12.7. The summed E-state index contributed by atoms with van der Waals surface area (Å²) < 4.78 is 34.9. The number of carbonyl (C=O) groups is 3. The van der Waals surface area contributed by atoms with Crippen LogP contribution in [-0.4, -0.2) is 35.3 Å². The number of rotatable bonds is 4. The van der Waals surface area contributed by atoms with Gasteiger partial charge in [0.05, 0.1) is 16.8 Å². The molecule has 4 rings (SSSR count). The lowest BCUT2D eigenvalue weighted by Gasteiger charge is -2.16. The van der Waals surface area contributed by atoms with Crippen molar-refractivity contribution >= 4 is 39.3 Å². The normalized spacial score (nSPS) is 12.9. The first kappa shape index (κ1) is 21.9. The Bertz CT molecular complexity index is 1520. The number of hydrogen-bond acceptors (Lipinski definition) is 7. The van der Waals surface area contributed by atoms with Gasteiger partial charge in [-0.25, -0.2) is 0 Å². The zero-order chi connectivity index (χ0) is 24.1. The summed E-state index contributed by atoms with van der Waals surface area (Å²) in [5.41, 5.74) is 5.79. The van der Waals surface area contributed by atoms with Gasteiger partial charge in [-0.3, -0.25) is 33.6 Å². The highest BCUT2D eigenvalue weighted by molar-refractivity contribution is 7.86. The summed E-state index contributed by atoms with van der Waals surface area (Å²) in [6, 6.07) is 11.2. The predicted molar refractivity (Wildman–Crippen MR) is 118 cm³/mol. The molecule has 2 aromatic carbocycles. The van der Waals surface area contributed by atoms with Crippen molar-refractivity contribution in [3.05, 3.63) is 70.0 Å². The highest BCUT2D eigenvalue weighted by Gasteiger charge is 2.33. The molecule has 3 amide bonds. The highest BCUT2D eigenvalue weighted by atomic mass is 32.2. The van der Waals surface area contributed by atoms with Crippen LogP contribution < -0.4 is 21.9 Å². The van der Waals surface area contributed by atoms with Gasteiger partial charge in [-0.1, -0.05) is 18.2 Å². The SMILES string of the molecule is CC(=O)Nc1ccc(-c2ccc(-n3c(N)c4c(cc3=O)C(=O)NC4=O)c(S(=O)(=O)O)c2)cc1. The fourth-order valence-corrected chi connectivity index (χ4v) is 4.26. The van der Waals surface area contributed by atoms with Crippen LogP contribution in [0.5, 0.6) is 0 Å². The fraction of sp³-hybridized carbons (Fsp3) is 0.0476. The van der Waals surface area contributed by atoms with Crippen molar-refractivity contribution in [3.8, 4) is 16.8 Å². The summed E-state index contributed by atoms with van der Waals surface area (Å²) in [7, 11) is -4.85. The Kier molecular flexibility index (Phi) is 5.11. The van der Waals surface area contributed by atoms with E-state index in [9.17, 15) is 32.1 Å². The molecule has 11 nitrogen and oxygen atoms in total. The highest BCUT2D eigenvalue weighted by Crippen LogP contribution is 2.30. The third kappa shape index (κ3) is 3.88. The van der Waals surface area contributed by atoms with E-state index >= 15 is 0 Å². The van der Waals surface area contributed by atoms with Crippen LogP contribution in [0.15, 0.2) is 58.2 Å². The minimum Gasteiger partial charge on any atom is -0.384 e. The number of benzene rings is 2. The van der Waals surface area contributed by atoms with Crippen LogP contribution in [0.1, 0.15) is 27.6 Å². The monoisotopic (exact) mass is 468 g/mol. The van der Waals surface area contributed by atoms with Gasteiger partial charge >= 0.3 is 0 Å². The standard InChI is InChI=1S/C21H16N4O7S/c1-10(26)23-13-5-2-11(3-6-13)12-4-7-15(16(8-12)33(30,31)32)25-17(27)9-14-18(19(25)22)21(29)24-20(14)28/h2-9H,22H2,1H3,(H,23,26)(H,24,28,29)(H,30,31,32). The van der Waals surface area contributed by atoms with Crippen molar-refractivity contribution in [2.75, 3.05) is 11.1 Å². The molecule has 1 aliphatic heterocycles. The molecule has 0 saturated carbocycles. The van der Waals surface area contributed by atoms with Gasteiger partial charge in [0.2, 0.25) is 5.91 Å². The van der Waals surface area contributed by atoms with E-state index in [4.69, 9.17) is 5.73 Å². The summed E-state index contributed by atoms with van der Waals surface area (Å²) in [5, 5.41) is 4.62. The van der Waals surface area contributed by atoms with Crippen LogP contribution in [0.3, 0.4) is 0 Å². The van der Waals surface area contributed by atoms with Gasteiger partial charge in [-0.05, 0) is 35.4 Å². The first-order valence-corrected chi connectivity index (χ1v) is 10.8. The molecular weight excluding hydrogens is 452 g/mol. The number of nitrogen functional groups attached to an aromatic ring is 1. The molecule has 33 heavy (non-hydrogen) atoms. The quantitative estimate of drug-likeness (QED) is 0.326. The van der Waals surface area contributed by atoms with Gasteiger partial charge in [0, 0.05) is 18.7 Å². The number of imide groups is 1. The summed E-state index contributed by atoms with van der Waals surface area (Å²) in [6.07, 6.45) is 0. The molecule has 0 unspecified atom stereocenters. The molecule has 0 radical (unpaired) electrons. The molecule has 168 valence electrons. The van der Waals surface area contributed by atoms with E-state index in [1.807, 2.05) is 5.32 Å². The van der Waals surface area contributed by atoms with E-state index < -0.39 is 38.2 Å². The molecule has 3 aromatic rings. The lowest BCUT2D eigenvalue weighted by atomic mass is 10.0. The second kappa shape index (κ2) is 7.69. The van der Waals surface area contributed by atoms with Gasteiger partial charge < -0.3 is 11.1 Å². The predicted octanol–water partition coefficient (Wildman–Crippen LogP) is 1.18. The number of hydrogen-bond donors (Lipinski definition) is 4. The number of nitrogens with two attached hydrogens (primary N) is 1. The molecule has 0 spiro atoms. The number of fused-ring (bicyclic) bond motifs is 1. The Morgan fingerprint density at radius 1 is 1.00 bits per heavy atom. The Hall–Kier alpha value is -4.29. The number of amides is 3. The minimum atomic E-state index is -4.85. The van der Waals surface area contributed by atoms with Crippen LogP contribution in [0.4, 0.5) is 11.5 Å². The number of pyridine rings is 1. The van der Waals surface area contributed by atoms with E-state index in [-0.39, 0.29) is 22.7 Å². The first-order valence-electron chi connectivity index (χ1n) is 9.38. The molecule has 1 aromatic heterocycles. The van der Waals surface area contributed by atoms with Crippen LogP contribution in [-0.2, 0) is 14.9 Å². The molecule has 12 heteroatoms. The average Bonchev–Trinajstić information content (AvgIpc) is 3.01. The largest absolute Gasteiger partial charge is 0.384 e. The summed E-state index contributed by atoms with van der Waals surface area (Å²) in [4.78, 5) is 47.2. The van der Waals surface area contributed by atoms with Gasteiger partial charge in [-0.15, -0.1) is 0 Å². The van der Waals surface area contributed by atoms with Crippen LogP contribution in [0.2, 0.25) is 0 Å². The molecule has 0 atom stereocenters.